The van der Waals surface area contributed by atoms with Crippen LogP contribution in [0, 0.1) is 13.8 Å². The van der Waals surface area contributed by atoms with Crippen LogP contribution in [0.3, 0.4) is 0 Å². The quantitative estimate of drug-likeness (QED) is 0.473. The second kappa shape index (κ2) is 6.14. The molecular formula is C20H18BF2IN2O2. The third-order valence-electron chi connectivity index (χ3n) is 5.54. The number of carboxylic acid groups (broad SMARTS) is 1. The first-order chi connectivity index (χ1) is 13.1. The van der Waals surface area contributed by atoms with E-state index in [0.29, 0.717) is 28.4 Å². The highest BCUT2D eigenvalue weighted by atomic mass is 127. The zero-order valence-electron chi connectivity index (χ0n) is 15.8. The van der Waals surface area contributed by atoms with Crippen LogP contribution in [-0.2, 0) is 0 Å². The first-order valence-corrected chi connectivity index (χ1v) is 9.94. The van der Waals surface area contributed by atoms with Crippen molar-refractivity contribution in [3.63, 3.8) is 0 Å². The number of aryl methyl sites for hydroxylation is 2. The van der Waals surface area contributed by atoms with Gasteiger partial charge in [0.1, 0.15) is 5.71 Å². The van der Waals surface area contributed by atoms with Gasteiger partial charge in [0.25, 0.3) is 0 Å². The van der Waals surface area contributed by atoms with Crippen molar-refractivity contribution >= 4 is 46.8 Å². The van der Waals surface area contributed by atoms with E-state index in [4.69, 9.17) is 0 Å². The summed E-state index contributed by atoms with van der Waals surface area (Å²) in [5.41, 5.74) is 5.21. The van der Waals surface area contributed by atoms with Crippen LogP contribution in [0.15, 0.2) is 45.2 Å². The summed E-state index contributed by atoms with van der Waals surface area (Å²) in [6, 6.07) is 8.19. The molecule has 0 fully saturated rings. The third-order valence-corrected chi connectivity index (χ3v) is 7.13. The first kappa shape index (κ1) is 19.1. The SMILES string of the molecule is CC1=C(I)C(C)=[N+]2C1=C(c1ccc(C(=O)O)cc1)c1c(C)cc(C)n1[B-]2(F)F. The summed E-state index contributed by atoms with van der Waals surface area (Å²) in [6.07, 6.45) is 0. The van der Waals surface area contributed by atoms with Gasteiger partial charge in [0.05, 0.1) is 14.7 Å². The fourth-order valence-electron chi connectivity index (χ4n) is 4.34. The van der Waals surface area contributed by atoms with Gasteiger partial charge in [-0.1, -0.05) is 12.1 Å². The minimum Gasteiger partial charge on any atom is -0.478 e. The Morgan fingerprint density at radius 1 is 1.14 bits per heavy atom. The van der Waals surface area contributed by atoms with Gasteiger partial charge in [-0.3, -0.25) is 0 Å². The Hall–Kier alpha value is -2.23. The molecule has 0 spiro atoms. The lowest BCUT2D eigenvalue weighted by atomic mass is 9.83. The molecule has 4 rings (SSSR count). The van der Waals surface area contributed by atoms with Crippen LogP contribution < -0.4 is 0 Å². The molecule has 2 aliphatic heterocycles. The van der Waals surface area contributed by atoms with E-state index in [9.17, 15) is 9.90 Å². The monoisotopic (exact) mass is 494 g/mol. The molecule has 0 aliphatic carbocycles. The molecule has 8 heteroatoms. The van der Waals surface area contributed by atoms with Crippen LogP contribution in [0.5, 0.6) is 0 Å². The molecule has 0 saturated carbocycles. The first-order valence-electron chi connectivity index (χ1n) is 8.86. The van der Waals surface area contributed by atoms with Crippen LogP contribution in [0.2, 0.25) is 0 Å². The van der Waals surface area contributed by atoms with E-state index in [1.807, 2.05) is 13.8 Å². The van der Waals surface area contributed by atoms with Crippen molar-refractivity contribution in [3.8, 4) is 0 Å². The van der Waals surface area contributed by atoms with Crippen LogP contribution in [0.4, 0.5) is 8.63 Å². The zero-order valence-corrected chi connectivity index (χ0v) is 18.0. The predicted molar refractivity (Wildman–Crippen MR) is 114 cm³/mol. The Kier molecular flexibility index (Phi) is 4.19. The van der Waals surface area contributed by atoms with Gasteiger partial charge in [-0.05, 0) is 78.4 Å². The number of aromatic nitrogens is 1. The molecule has 0 unspecified atom stereocenters. The molecule has 0 radical (unpaired) electrons. The molecule has 1 N–H and O–H groups in total. The fraction of sp³-hybridized carbons (Fsp3) is 0.200. The molecule has 0 saturated heterocycles. The smallest absolute Gasteiger partial charge is 0.478 e. The summed E-state index contributed by atoms with van der Waals surface area (Å²) < 4.78 is 34.5. The van der Waals surface area contributed by atoms with Crippen LogP contribution in [-0.4, -0.2) is 32.7 Å². The molecule has 144 valence electrons. The van der Waals surface area contributed by atoms with Gasteiger partial charge >= 0.3 is 12.9 Å². The molecule has 28 heavy (non-hydrogen) atoms. The van der Waals surface area contributed by atoms with Gasteiger partial charge in [0, 0.05) is 18.2 Å². The number of nitrogens with zero attached hydrogens (tertiary/aromatic N) is 2. The van der Waals surface area contributed by atoms with Crippen molar-refractivity contribution in [1.29, 1.82) is 0 Å². The van der Waals surface area contributed by atoms with E-state index >= 15 is 8.63 Å². The van der Waals surface area contributed by atoms with E-state index in [1.54, 1.807) is 32.0 Å². The Labute approximate surface area is 175 Å². The number of allylic oxidation sites excluding steroid dienone is 2. The van der Waals surface area contributed by atoms with Crippen molar-refractivity contribution in [2.24, 2.45) is 0 Å². The number of benzene rings is 1. The number of carbonyl (C=O) groups is 1. The molecule has 0 amide bonds. The van der Waals surface area contributed by atoms with Crippen molar-refractivity contribution in [2.45, 2.75) is 27.7 Å². The van der Waals surface area contributed by atoms with Gasteiger partial charge in [0.2, 0.25) is 0 Å². The Morgan fingerprint density at radius 3 is 2.32 bits per heavy atom. The van der Waals surface area contributed by atoms with Crippen LogP contribution >= 0.6 is 22.6 Å². The molecule has 0 bridgehead atoms. The van der Waals surface area contributed by atoms with Gasteiger partial charge in [-0.15, -0.1) is 0 Å². The average Bonchev–Trinajstić information content (AvgIpc) is 3.05. The summed E-state index contributed by atoms with van der Waals surface area (Å²) in [4.78, 5) is 11.2. The van der Waals surface area contributed by atoms with E-state index in [0.717, 1.165) is 29.2 Å². The van der Waals surface area contributed by atoms with Gasteiger partial charge < -0.3 is 22.7 Å². The predicted octanol–water partition coefficient (Wildman–Crippen LogP) is 4.99. The molecular weight excluding hydrogens is 476 g/mol. The van der Waals surface area contributed by atoms with E-state index in [1.165, 1.54) is 12.1 Å². The van der Waals surface area contributed by atoms with Crippen LogP contribution in [0.1, 0.15) is 46.7 Å². The highest BCUT2D eigenvalue weighted by molar-refractivity contribution is 14.1. The standard InChI is InChI=1S/C20H18BF2IN2O2/c1-10-9-11(2)25-18(10)16(14-5-7-15(8-6-14)20(27)28)19-12(3)17(24)13(4)26(19)21(25,22)23/h5-9H,1-4H3,(H,27,28). The summed E-state index contributed by atoms with van der Waals surface area (Å²) in [6.45, 7) is 3.08. The lowest BCUT2D eigenvalue weighted by Crippen LogP contribution is -2.51. The van der Waals surface area contributed by atoms with Crippen molar-refractivity contribution in [1.82, 2.24) is 4.48 Å². The van der Waals surface area contributed by atoms with E-state index in [2.05, 4.69) is 22.6 Å². The molecule has 3 heterocycles. The Bertz CT molecular complexity index is 1160. The van der Waals surface area contributed by atoms with Gasteiger partial charge in [-0.2, -0.15) is 0 Å². The van der Waals surface area contributed by atoms with Crippen molar-refractivity contribution < 1.29 is 23.0 Å². The van der Waals surface area contributed by atoms with Crippen LogP contribution in [0.25, 0.3) is 5.57 Å². The largest absolute Gasteiger partial charge is 0.737 e. The minimum absolute atomic E-state index is 0.163. The number of fused-ring (bicyclic) bond motifs is 2. The molecule has 0 atom stereocenters. The van der Waals surface area contributed by atoms with Gasteiger partial charge in [0.15, 0.2) is 5.70 Å². The molecule has 2 aromatic rings. The molecule has 1 aromatic heterocycles. The maximum absolute atomic E-state index is 15.7. The van der Waals surface area contributed by atoms with Crippen molar-refractivity contribution in [3.05, 3.63) is 73.3 Å². The number of rotatable bonds is 2. The maximum atomic E-state index is 15.7. The third kappa shape index (κ3) is 2.39. The van der Waals surface area contributed by atoms with Gasteiger partial charge in [-0.25, -0.2) is 4.79 Å². The number of aromatic carboxylic acids is 1. The second-order valence-corrected chi connectivity index (χ2v) is 8.35. The highest BCUT2D eigenvalue weighted by Gasteiger charge is 2.56. The highest BCUT2D eigenvalue weighted by Crippen LogP contribution is 2.46. The Balaban J connectivity index is 2.13. The number of hydrogen-bond acceptors (Lipinski definition) is 1. The number of hydrogen-bond donors (Lipinski definition) is 1. The average molecular weight is 494 g/mol. The minimum atomic E-state index is -4.03. The molecule has 1 aromatic carbocycles. The second-order valence-electron chi connectivity index (χ2n) is 7.28. The topological polar surface area (TPSA) is 45.2 Å². The van der Waals surface area contributed by atoms with Crippen molar-refractivity contribution in [2.75, 3.05) is 0 Å². The number of halogens is 3. The summed E-state index contributed by atoms with van der Waals surface area (Å²) in [5, 5.41) is 9.19. The Morgan fingerprint density at radius 2 is 1.75 bits per heavy atom. The lowest BCUT2D eigenvalue weighted by molar-refractivity contribution is -0.363. The normalized spacial score (nSPS) is 18.0. The molecule has 2 aliphatic rings. The summed E-state index contributed by atoms with van der Waals surface area (Å²) in [7, 11) is 0. The maximum Gasteiger partial charge on any atom is 0.737 e. The number of carboxylic acids is 1. The fourth-order valence-corrected chi connectivity index (χ4v) is 4.86. The van der Waals surface area contributed by atoms with E-state index in [-0.39, 0.29) is 5.56 Å². The lowest BCUT2D eigenvalue weighted by Gasteiger charge is -2.34. The summed E-state index contributed by atoms with van der Waals surface area (Å²) >= 11 is 2.12. The summed E-state index contributed by atoms with van der Waals surface area (Å²) in [5.74, 6) is -1.02. The zero-order chi connectivity index (χ0) is 20.5. The van der Waals surface area contributed by atoms with E-state index < -0.39 is 12.9 Å². The molecule has 4 nitrogen and oxygen atoms in total.